The van der Waals surface area contributed by atoms with Crippen molar-refractivity contribution < 1.29 is 24.2 Å². The molecule has 0 unspecified atom stereocenters. The third-order valence-corrected chi connectivity index (χ3v) is 6.56. The van der Waals surface area contributed by atoms with E-state index in [0.29, 0.717) is 71.5 Å². The molecule has 1 aliphatic rings. The van der Waals surface area contributed by atoms with Gasteiger partial charge in [-0.25, -0.2) is 0 Å². The molecule has 0 aliphatic heterocycles. The number of ether oxygens (including phenoxy) is 1. The number of carboxylic acids is 1. The Bertz CT molecular complexity index is 1550. The number of carboxylic acid groups (broad SMARTS) is 1. The summed E-state index contributed by atoms with van der Waals surface area (Å²) in [7, 11) is 0. The monoisotopic (exact) mass is 545 g/mol. The van der Waals surface area contributed by atoms with Crippen molar-refractivity contribution in [3.63, 3.8) is 0 Å². The third kappa shape index (κ3) is 6.42. The fourth-order valence-electron chi connectivity index (χ4n) is 4.93. The number of nitrogens with zero attached hydrogens (tertiary/aromatic N) is 1. The van der Waals surface area contributed by atoms with Crippen molar-refractivity contribution in [2.75, 3.05) is 11.9 Å². The zero-order chi connectivity index (χ0) is 29.0. The Morgan fingerprint density at radius 2 is 1.68 bits per heavy atom. The molecule has 1 aromatic heterocycles. The van der Waals surface area contributed by atoms with Crippen LogP contribution in [0.3, 0.4) is 0 Å². The molecule has 9 heteroatoms. The van der Waals surface area contributed by atoms with E-state index in [2.05, 4.69) is 17.2 Å². The molecule has 1 heterocycles. The number of amides is 1. The standard InChI is InChI=1S/C31H35N3O6/c1-19(40-31(2,3)4)32-16-9-17-34-28-22-10-5-6-11-23(22)29(38)27(28)21-15-14-20(18-24(21)30(34)39)33-25(35)12-7-8-13-26(36)37/h5-6,10-11,14-15,18,32H,1,7-9,12-13,16-17H2,2-4H3,(H,33,35)(H,36,37). The lowest BCUT2D eigenvalue weighted by Crippen LogP contribution is -2.28. The second-order valence-electron chi connectivity index (χ2n) is 10.9. The van der Waals surface area contributed by atoms with Crippen LogP contribution < -0.4 is 16.2 Å². The van der Waals surface area contributed by atoms with Crippen molar-refractivity contribution in [1.82, 2.24) is 9.88 Å². The first-order valence-corrected chi connectivity index (χ1v) is 13.4. The SMILES string of the molecule is C=C(NCCCn1c2c(c3ccc(NC(=O)CCCCC(=O)O)cc3c1=O)C(=O)c1ccccc1-2)OC(C)(C)C. The van der Waals surface area contributed by atoms with Gasteiger partial charge in [0.1, 0.15) is 5.60 Å². The minimum absolute atomic E-state index is 0.0115. The highest BCUT2D eigenvalue weighted by Gasteiger charge is 2.32. The highest BCUT2D eigenvalue weighted by Crippen LogP contribution is 2.39. The maximum atomic E-state index is 13.9. The smallest absolute Gasteiger partial charge is 0.303 e. The van der Waals surface area contributed by atoms with Gasteiger partial charge in [0.05, 0.1) is 16.6 Å². The van der Waals surface area contributed by atoms with E-state index < -0.39 is 5.97 Å². The van der Waals surface area contributed by atoms with E-state index in [4.69, 9.17) is 9.84 Å². The molecule has 40 heavy (non-hydrogen) atoms. The number of unbranched alkanes of at least 4 members (excludes halogenated alkanes) is 1. The van der Waals surface area contributed by atoms with Crippen LogP contribution in [0.4, 0.5) is 5.69 Å². The largest absolute Gasteiger partial charge is 0.481 e. The van der Waals surface area contributed by atoms with Gasteiger partial charge in [0.15, 0.2) is 11.7 Å². The van der Waals surface area contributed by atoms with Gasteiger partial charge in [-0.15, -0.1) is 0 Å². The minimum Gasteiger partial charge on any atom is -0.481 e. The Morgan fingerprint density at radius 1 is 0.975 bits per heavy atom. The molecular weight excluding hydrogens is 510 g/mol. The highest BCUT2D eigenvalue weighted by atomic mass is 16.5. The van der Waals surface area contributed by atoms with Gasteiger partial charge in [0.25, 0.3) is 5.56 Å². The van der Waals surface area contributed by atoms with Gasteiger partial charge in [-0.3, -0.25) is 19.2 Å². The molecule has 4 rings (SSSR count). The maximum absolute atomic E-state index is 13.9. The molecule has 0 bridgehead atoms. The summed E-state index contributed by atoms with van der Waals surface area (Å²) in [5.41, 5.74) is 2.19. The van der Waals surface area contributed by atoms with E-state index in [0.717, 1.165) is 5.56 Å². The fraction of sp³-hybridized carbons (Fsp3) is 0.355. The molecule has 1 amide bonds. The number of ketones is 1. The number of aliphatic carboxylic acids is 1. The van der Waals surface area contributed by atoms with Gasteiger partial charge in [0.2, 0.25) is 5.91 Å². The second kappa shape index (κ2) is 11.8. The van der Waals surface area contributed by atoms with E-state index in [1.54, 1.807) is 28.8 Å². The average molecular weight is 546 g/mol. The number of fused-ring (bicyclic) bond motifs is 5. The van der Waals surface area contributed by atoms with Crippen molar-refractivity contribution in [3.05, 3.63) is 76.4 Å². The number of carbonyl (C=O) groups excluding carboxylic acids is 2. The third-order valence-electron chi connectivity index (χ3n) is 6.56. The summed E-state index contributed by atoms with van der Waals surface area (Å²) >= 11 is 0. The number of anilines is 1. The van der Waals surface area contributed by atoms with E-state index in [-0.39, 0.29) is 35.7 Å². The Labute approximate surface area is 232 Å². The summed E-state index contributed by atoms with van der Waals surface area (Å²) in [6.45, 7) is 10.6. The van der Waals surface area contributed by atoms with Gasteiger partial charge < -0.3 is 25.0 Å². The van der Waals surface area contributed by atoms with Gasteiger partial charge >= 0.3 is 5.97 Å². The van der Waals surface area contributed by atoms with Crippen molar-refractivity contribution in [3.8, 4) is 11.3 Å². The molecule has 3 aromatic rings. The van der Waals surface area contributed by atoms with Crippen LogP contribution in [0.25, 0.3) is 22.0 Å². The topological polar surface area (TPSA) is 127 Å². The lowest BCUT2D eigenvalue weighted by atomic mass is 10.0. The molecule has 0 saturated heterocycles. The number of hydrogen-bond acceptors (Lipinski definition) is 6. The van der Waals surface area contributed by atoms with E-state index in [1.807, 2.05) is 39.0 Å². The van der Waals surface area contributed by atoms with Gasteiger partial charge in [-0.1, -0.05) is 30.3 Å². The normalized spacial score (nSPS) is 12.1. The first-order chi connectivity index (χ1) is 19.0. The molecular formula is C31H35N3O6. The fourth-order valence-corrected chi connectivity index (χ4v) is 4.93. The number of rotatable bonds is 12. The van der Waals surface area contributed by atoms with E-state index in [9.17, 15) is 19.2 Å². The lowest BCUT2D eigenvalue weighted by Gasteiger charge is -2.23. The Balaban J connectivity index is 1.62. The summed E-state index contributed by atoms with van der Waals surface area (Å²) in [5.74, 6) is -0.843. The predicted octanol–water partition coefficient (Wildman–Crippen LogP) is 5.06. The number of aromatic nitrogens is 1. The zero-order valence-corrected chi connectivity index (χ0v) is 23.1. The predicted molar refractivity (Wildman–Crippen MR) is 154 cm³/mol. The van der Waals surface area contributed by atoms with Gasteiger partial charge in [-0.2, -0.15) is 0 Å². The van der Waals surface area contributed by atoms with Crippen LogP contribution in [0.2, 0.25) is 0 Å². The van der Waals surface area contributed by atoms with Crippen LogP contribution in [0.1, 0.15) is 68.8 Å². The number of benzene rings is 2. The molecule has 0 radical (unpaired) electrons. The molecule has 0 fully saturated rings. The van der Waals surface area contributed by atoms with E-state index >= 15 is 0 Å². The average Bonchev–Trinajstić information content (AvgIpc) is 3.17. The highest BCUT2D eigenvalue weighted by molar-refractivity contribution is 6.26. The quantitative estimate of drug-likeness (QED) is 0.168. The number of hydrogen-bond donors (Lipinski definition) is 3. The summed E-state index contributed by atoms with van der Waals surface area (Å²) in [4.78, 5) is 50.5. The van der Waals surface area contributed by atoms with Crippen LogP contribution in [0.15, 0.2) is 59.7 Å². The Kier molecular flexibility index (Phi) is 8.42. The number of pyridine rings is 1. The van der Waals surface area contributed by atoms with Crippen LogP contribution in [-0.4, -0.2) is 39.5 Å². The van der Waals surface area contributed by atoms with Crippen LogP contribution in [0.5, 0.6) is 0 Å². The number of carbonyl (C=O) groups is 3. The summed E-state index contributed by atoms with van der Waals surface area (Å²) in [6.07, 6.45) is 1.61. The lowest BCUT2D eigenvalue weighted by molar-refractivity contribution is -0.137. The van der Waals surface area contributed by atoms with Crippen LogP contribution in [-0.2, 0) is 20.9 Å². The van der Waals surface area contributed by atoms with E-state index in [1.165, 1.54) is 0 Å². The summed E-state index contributed by atoms with van der Waals surface area (Å²) in [5, 5.41) is 15.6. The summed E-state index contributed by atoms with van der Waals surface area (Å²) in [6, 6.07) is 12.3. The molecule has 0 atom stereocenters. The zero-order valence-electron chi connectivity index (χ0n) is 23.1. The van der Waals surface area contributed by atoms with Crippen molar-refractivity contribution >= 4 is 34.1 Å². The Morgan fingerprint density at radius 3 is 2.38 bits per heavy atom. The second-order valence-corrected chi connectivity index (χ2v) is 10.9. The molecule has 9 nitrogen and oxygen atoms in total. The van der Waals surface area contributed by atoms with Crippen molar-refractivity contribution in [2.45, 2.75) is 65.0 Å². The van der Waals surface area contributed by atoms with Crippen molar-refractivity contribution in [2.24, 2.45) is 0 Å². The van der Waals surface area contributed by atoms with Gasteiger partial charge in [-0.05, 0) is 58.7 Å². The minimum atomic E-state index is -0.894. The number of nitrogens with one attached hydrogen (secondary N) is 2. The van der Waals surface area contributed by atoms with Crippen LogP contribution >= 0.6 is 0 Å². The molecule has 0 saturated carbocycles. The molecule has 0 spiro atoms. The molecule has 3 N–H and O–H groups in total. The molecule has 210 valence electrons. The summed E-state index contributed by atoms with van der Waals surface area (Å²) < 4.78 is 7.36. The Hall–Kier alpha value is -4.40. The first kappa shape index (κ1) is 28.6. The maximum Gasteiger partial charge on any atom is 0.303 e. The first-order valence-electron chi connectivity index (χ1n) is 13.4. The van der Waals surface area contributed by atoms with Crippen molar-refractivity contribution in [1.29, 1.82) is 0 Å². The molecule has 1 aliphatic carbocycles. The van der Waals surface area contributed by atoms with Gasteiger partial charge in [0, 0.05) is 48.1 Å². The van der Waals surface area contributed by atoms with Crippen LogP contribution in [0, 0.1) is 0 Å². The molecule has 2 aromatic carbocycles.